The van der Waals surface area contributed by atoms with Crippen LogP contribution in [0.3, 0.4) is 0 Å². The third kappa shape index (κ3) is 5.98. The van der Waals surface area contributed by atoms with Gasteiger partial charge in [-0.15, -0.1) is 0 Å². The molecule has 0 unspecified atom stereocenters. The maximum Gasteiger partial charge on any atom is 0.315 e. The number of alkyl halides is 2. The van der Waals surface area contributed by atoms with E-state index in [1.807, 2.05) is 0 Å². The van der Waals surface area contributed by atoms with E-state index in [2.05, 4.69) is 5.14 Å². The van der Waals surface area contributed by atoms with E-state index in [0.717, 1.165) is 0 Å². The summed E-state index contributed by atoms with van der Waals surface area (Å²) in [5, 5.41) is 6.22. The van der Waals surface area contributed by atoms with Crippen molar-refractivity contribution >= 4 is 15.9 Å². The van der Waals surface area contributed by atoms with Crippen molar-refractivity contribution in [2.75, 3.05) is 12.3 Å². The van der Waals surface area contributed by atoms with Crippen molar-refractivity contribution in [3.05, 3.63) is 0 Å². The van der Waals surface area contributed by atoms with Crippen molar-refractivity contribution in [2.24, 2.45) is 5.14 Å². The second-order valence-corrected chi connectivity index (χ2v) is 3.69. The van der Waals surface area contributed by atoms with Gasteiger partial charge in [0.15, 0.2) is 0 Å². The van der Waals surface area contributed by atoms with E-state index in [4.69, 9.17) is 0 Å². The summed E-state index contributed by atoms with van der Waals surface area (Å²) in [6, 6.07) is 0. The molecule has 0 atom stereocenters. The zero-order valence-corrected chi connectivity index (χ0v) is 6.77. The zero-order valence-electron chi connectivity index (χ0n) is 5.96. The predicted molar refractivity (Wildman–Crippen MR) is 37.0 cm³/mol. The molecule has 0 radical (unpaired) electrons. The van der Waals surface area contributed by atoms with Crippen LogP contribution in [0.15, 0.2) is 0 Å². The lowest BCUT2D eigenvalue weighted by molar-refractivity contribution is -0.131. The van der Waals surface area contributed by atoms with Gasteiger partial charge in [0, 0.05) is 6.54 Å². The summed E-state index contributed by atoms with van der Waals surface area (Å²) in [6.45, 7) is -0.401. The highest BCUT2D eigenvalue weighted by molar-refractivity contribution is 7.89. The van der Waals surface area contributed by atoms with Gasteiger partial charge in [0.05, 0.1) is 5.75 Å². The van der Waals surface area contributed by atoms with E-state index < -0.39 is 34.7 Å². The fourth-order valence-corrected chi connectivity index (χ4v) is 0.780. The smallest absolute Gasteiger partial charge is 0.315 e. The highest BCUT2D eigenvalue weighted by Crippen LogP contribution is 1.89. The molecule has 0 aromatic rings. The minimum Gasteiger partial charge on any atom is -0.350 e. The van der Waals surface area contributed by atoms with Crippen LogP contribution in [0, 0.1) is 0 Å². The first-order valence-electron chi connectivity index (χ1n) is 2.89. The molecular weight excluding hydrogens is 194 g/mol. The Morgan fingerprint density at radius 1 is 1.50 bits per heavy atom. The number of hydrogen-bond acceptors (Lipinski definition) is 3. The number of primary sulfonamides is 1. The number of sulfonamides is 1. The van der Waals surface area contributed by atoms with Gasteiger partial charge in [0.25, 0.3) is 5.91 Å². The van der Waals surface area contributed by atoms with Crippen molar-refractivity contribution in [3.8, 4) is 0 Å². The average Bonchev–Trinajstić information content (AvgIpc) is 1.84. The molecule has 0 aliphatic heterocycles. The van der Waals surface area contributed by atoms with Crippen LogP contribution in [0.4, 0.5) is 8.78 Å². The fraction of sp³-hybridized carbons (Fsp3) is 0.750. The highest BCUT2D eigenvalue weighted by atomic mass is 32.2. The maximum atomic E-state index is 11.5. The van der Waals surface area contributed by atoms with Crippen LogP contribution >= 0.6 is 0 Å². The minimum absolute atomic E-state index is 0.401. The lowest BCUT2D eigenvalue weighted by Crippen LogP contribution is -2.34. The van der Waals surface area contributed by atoms with Crippen LogP contribution in [-0.4, -0.2) is 33.0 Å². The van der Waals surface area contributed by atoms with Gasteiger partial charge in [-0.25, -0.2) is 13.6 Å². The lowest BCUT2D eigenvalue weighted by atomic mass is 10.6. The molecule has 0 aliphatic rings. The predicted octanol–water partition coefficient (Wildman–Crippen LogP) is -1.34. The van der Waals surface area contributed by atoms with E-state index in [1.54, 1.807) is 5.32 Å². The van der Waals surface area contributed by atoms with E-state index in [1.165, 1.54) is 0 Å². The van der Waals surface area contributed by atoms with Crippen LogP contribution in [0.2, 0.25) is 0 Å². The second-order valence-electron chi connectivity index (χ2n) is 1.96. The topological polar surface area (TPSA) is 89.3 Å². The van der Waals surface area contributed by atoms with Gasteiger partial charge in [0.2, 0.25) is 10.0 Å². The SMILES string of the molecule is NS(=O)(=O)CCNC(=O)C(F)F. The molecule has 5 nitrogen and oxygen atoms in total. The maximum absolute atomic E-state index is 11.5. The number of carbonyl (C=O) groups excluding carboxylic acids is 1. The van der Waals surface area contributed by atoms with Crippen LogP contribution in [0.25, 0.3) is 0 Å². The number of halogens is 2. The number of rotatable bonds is 4. The Balaban J connectivity index is 3.66. The highest BCUT2D eigenvalue weighted by Gasteiger charge is 2.14. The number of hydrogen-bond donors (Lipinski definition) is 2. The van der Waals surface area contributed by atoms with Gasteiger partial charge in [-0.3, -0.25) is 4.79 Å². The molecule has 0 aliphatic carbocycles. The molecule has 0 rings (SSSR count). The molecule has 0 aromatic heterocycles. The Bertz CT molecular complexity index is 251. The first-order valence-corrected chi connectivity index (χ1v) is 4.61. The number of nitrogens with one attached hydrogen (secondary N) is 1. The van der Waals surface area contributed by atoms with E-state index >= 15 is 0 Å². The zero-order chi connectivity index (χ0) is 9.78. The van der Waals surface area contributed by atoms with Crippen molar-refractivity contribution < 1.29 is 22.0 Å². The van der Waals surface area contributed by atoms with E-state index in [9.17, 15) is 22.0 Å². The molecule has 0 saturated carbocycles. The van der Waals surface area contributed by atoms with E-state index in [0.29, 0.717) is 0 Å². The lowest BCUT2D eigenvalue weighted by Gasteiger charge is -2.01. The van der Waals surface area contributed by atoms with Gasteiger partial charge in [-0.05, 0) is 0 Å². The van der Waals surface area contributed by atoms with Gasteiger partial charge in [0.1, 0.15) is 0 Å². The first kappa shape index (κ1) is 11.2. The van der Waals surface area contributed by atoms with Gasteiger partial charge >= 0.3 is 6.43 Å². The molecule has 1 amide bonds. The van der Waals surface area contributed by atoms with Crippen LogP contribution < -0.4 is 10.5 Å². The molecule has 0 bridgehead atoms. The number of amides is 1. The molecule has 12 heavy (non-hydrogen) atoms. The van der Waals surface area contributed by atoms with Crippen molar-refractivity contribution in [1.82, 2.24) is 5.32 Å². The summed E-state index contributed by atoms with van der Waals surface area (Å²) in [5.41, 5.74) is 0. The Morgan fingerprint density at radius 3 is 2.33 bits per heavy atom. The molecule has 0 spiro atoms. The average molecular weight is 202 g/mol. The fourth-order valence-electron chi connectivity index (χ4n) is 0.394. The van der Waals surface area contributed by atoms with Crippen molar-refractivity contribution in [1.29, 1.82) is 0 Å². The van der Waals surface area contributed by atoms with Crippen molar-refractivity contribution in [3.63, 3.8) is 0 Å². The standard InChI is InChI=1S/C4H8F2N2O3S/c5-3(6)4(9)8-1-2-12(7,10)11/h3H,1-2H2,(H,8,9)(H2,7,10,11). The Labute approximate surface area is 68.0 Å². The normalized spacial score (nSPS) is 11.7. The molecule has 0 saturated heterocycles. The van der Waals surface area contributed by atoms with Gasteiger partial charge < -0.3 is 5.32 Å². The molecule has 0 fully saturated rings. The Kier molecular flexibility index (Phi) is 4.04. The first-order chi connectivity index (χ1) is 5.33. The molecular formula is C4H8F2N2O3S. The Hall–Kier alpha value is -0.760. The largest absolute Gasteiger partial charge is 0.350 e. The molecule has 8 heteroatoms. The molecule has 3 N–H and O–H groups in total. The second kappa shape index (κ2) is 4.31. The quantitative estimate of drug-likeness (QED) is 0.591. The summed E-state index contributed by atoms with van der Waals surface area (Å²) in [6.07, 6.45) is -3.13. The van der Waals surface area contributed by atoms with Crippen LogP contribution in [0.5, 0.6) is 0 Å². The summed E-state index contributed by atoms with van der Waals surface area (Å²) >= 11 is 0. The summed E-state index contributed by atoms with van der Waals surface area (Å²) in [5.74, 6) is -2.05. The summed E-state index contributed by atoms with van der Waals surface area (Å²) in [7, 11) is -3.71. The van der Waals surface area contributed by atoms with Gasteiger partial charge in [-0.2, -0.15) is 8.78 Å². The van der Waals surface area contributed by atoms with Crippen LogP contribution in [-0.2, 0) is 14.8 Å². The summed E-state index contributed by atoms with van der Waals surface area (Å²) in [4.78, 5) is 10.1. The Morgan fingerprint density at radius 2 is 2.00 bits per heavy atom. The van der Waals surface area contributed by atoms with Crippen LogP contribution in [0.1, 0.15) is 0 Å². The molecule has 0 aromatic carbocycles. The third-order valence-electron chi connectivity index (χ3n) is 0.884. The molecule has 0 heterocycles. The number of carbonyl (C=O) groups is 1. The third-order valence-corrected chi connectivity index (χ3v) is 1.66. The monoisotopic (exact) mass is 202 g/mol. The molecule has 72 valence electrons. The number of nitrogens with two attached hydrogens (primary N) is 1. The van der Waals surface area contributed by atoms with Gasteiger partial charge in [-0.1, -0.05) is 0 Å². The van der Waals surface area contributed by atoms with E-state index in [-0.39, 0.29) is 0 Å². The minimum atomic E-state index is -3.71. The summed E-state index contributed by atoms with van der Waals surface area (Å²) < 4.78 is 43.4. The van der Waals surface area contributed by atoms with Crippen molar-refractivity contribution in [2.45, 2.75) is 6.43 Å².